The van der Waals surface area contributed by atoms with Crippen molar-refractivity contribution in [1.82, 2.24) is 0 Å². The largest absolute Gasteiger partial charge is 0.495 e. The number of hydrogen-bond donors (Lipinski definition) is 1. The number of anilines is 2. The molecule has 7 nitrogen and oxygen atoms in total. The maximum atomic E-state index is 14.1. The number of benzene rings is 3. The Kier molecular flexibility index (Phi) is 7.81. The van der Waals surface area contributed by atoms with Crippen molar-refractivity contribution >= 4 is 38.9 Å². The van der Waals surface area contributed by atoms with E-state index in [2.05, 4.69) is 5.32 Å². The van der Waals surface area contributed by atoms with Crippen LogP contribution in [0.5, 0.6) is 11.5 Å². The average Bonchev–Trinajstić information content (AvgIpc) is 2.82. The lowest BCUT2D eigenvalue weighted by Gasteiger charge is -2.25. The van der Waals surface area contributed by atoms with Gasteiger partial charge in [-0.1, -0.05) is 17.7 Å². The summed E-state index contributed by atoms with van der Waals surface area (Å²) in [4.78, 5) is 12.5. The number of carbonyl (C=O) groups excluding carboxylic acids is 1. The fourth-order valence-electron chi connectivity index (χ4n) is 3.17. The SMILES string of the molecule is COc1ccc(N(CC(=O)Nc2ccc(F)c(F)c2F)S(=O)(=O)c2cc(C)ccc2OC)cc1Cl. The molecule has 1 N–H and O–H groups in total. The molecular weight excluding hydrogens is 509 g/mol. The number of nitrogens with zero attached hydrogens (tertiary/aromatic N) is 1. The van der Waals surface area contributed by atoms with Crippen molar-refractivity contribution in [2.45, 2.75) is 11.8 Å². The van der Waals surface area contributed by atoms with Crippen LogP contribution < -0.4 is 19.1 Å². The molecule has 0 radical (unpaired) electrons. The lowest BCUT2D eigenvalue weighted by molar-refractivity contribution is -0.114. The second-order valence-corrected chi connectivity index (χ2v) is 9.49. The number of amides is 1. The van der Waals surface area contributed by atoms with Crippen LogP contribution in [0, 0.1) is 24.4 Å². The number of sulfonamides is 1. The lowest BCUT2D eigenvalue weighted by atomic mass is 10.2. The minimum atomic E-state index is -4.45. The Morgan fingerprint density at radius 1 is 0.971 bits per heavy atom. The molecule has 0 fully saturated rings. The van der Waals surface area contributed by atoms with Crippen LogP contribution in [-0.2, 0) is 14.8 Å². The van der Waals surface area contributed by atoms with Gasteiger partial charge < -0.3 is 14.8 Å². The van der Waals surface area contributed by atoms with E-state index in [9.17, 15) is 26.4 Å². The lowest BCUT2D eigenvalue weighted by Crippen LogP contribution is -2.38. The van der Waals surface area contributed by atoms with E-state index in [0.717, 1.165) is 10.4 Å². The molecule has 0 spiro atoms. The standard InChI is InChI=1S/C23H20ClF3N2O5S/c1-13-4-8-19(34-3)20(10-13)35(31,32)29(14-5-9-18(33-2)15(24)11-14)12-21(30)28-17-7-6-16(25)22(26)23(17)27/h4-11H,12H2,1-3H3,(H,28,30). The number of halogens is 4. The fraction of sp³-hybridized carbons (Fsp3) is 0.174. The first-order valence-electron chi connectivity index (χ1n) is 9.93. The molecular formula is C23H20ClF3N2O5S. The van der Waals surface area contributed by atoms with Crippen LogP contribution in [0.3, 0.4) is 0 Å². The zero-order valence-electron chi connectivity index (χ0n) is 18.7. The Morgan fingerprint density at radius 3 is 2.26 bits per heavy atom. The van der Waals surface area contributed by atoms with Crippen LogP contribution in [0.2, 0.25) is 5.02 Å². The first-order valence-corrected chi connectivity index (χ1v) is 11.8. The van der Waals surface area contributed by atoms with E-state index in [1.807, 2.05) is 0 Å². The highest BCUT2D eigenvalue weighted by atomic mass is 35.5. The summed E-state index contributed by atoms with van der Waals surface area (Å²) in [5.41, 5.74) is -0.0715. The van der Waals surface area contributed by atoms with Crippen molar-refractivity contribution in [2.24, 2.45) is 0 Å². The topological polar surface area (TPSA) is 84.9 Å². The van der Waals surface area contributed by atoms with Gasteiger partial charge in [-0.2, -0.15) is 0 Å². The molecule has 0 aliphatic carbocycles. The highest BCUT2D eigenvalue weighted by molar-refractivity contribution is 7.93. The van der Waals surface area contributed by atoms with Crippen molar-refractivity contribution in [2.75, 3.05) is 30.4 Å². The van der Waals surface area contributed by atoms with Crippen LogP contribution in [0.4, 0.5) is 24.5 Å². The number of carbonyl (C=O) groups is 1. The molecule has 3 aromatic rings. The van der Waals surface area contributed by atoms with E-state index in [1.54, 1.807) is 13.0 Å². The van der Waals surface area contributed by atoms with Crippen molar-refractivity contribution < 1.29 is 35.9 Å². The van der Waals surface area contributed by atoms with Gasteiger partial charge in [0.25, 0.3) is 10.0 Å². The predicted molar refractivity (Wildman–Crippen MR) is 125 cm³/mol. The summed E-state index contributed by atoms with van der Waals surface area (Å²) in [5, 5.41) is 2.13. The number of ether oxygens (including phenoxy) is 2. The summed E-state index contributed by atoms with van der Waals surface area (Å²) in [7, 11) is -1.79. The predicted octanol–water partition coefficient (Wildman–Crippen LogP) is 4.92. The van der Waals surface area contributed by atoms with Gasteiger partial charge in [0, 0.05) is 0 Å². The van der Waals surface area contributed by atoms with Gasteiger partial charge >= 0.3 is 0 Å². The Balaban J connectivity index is 2.07. The van der Waals surface area contributed by atoms with Gasteiger partial charge in [0.2, 0.25) is 5.91 Å². The van der Waals surface area contributed by atoms with Gasteiger partial charge in [-0.25, -0.2) is 21.6 Å². The molecule has 186 valence electrons. The van der Waals surface area contributed by atoms with E-state index >= 15 is 0 Å². The number of nitrogens with one attached hydrogen (secondary N) is 1. The van der Waals surface area contributed by atoms with Gasteiger partial charge in [0.15, 0.2) is 17.5 Å². The quantitative estimate of drug-likeness (QED) is 0.420. The maximum Gasteiger partial charge on any atom is 0.268 e. The summed E-state index contributed by atoms with van der Waals surface area (Å²) < 4.78 is 79.2. The molecule has 0 bridgehead atoms. The van der Waals surface area contributed by atoms with Crippen LogP contribution in [0.15, 0.2) is 53.4 Å². The normalized spacial score (nSPS) is 11.2. The number of aryl methyl sites for hydroxylation is 1. The fourth-order valence-corrected chi connectivity index (χ4v) is 5.08. The first-order chi connectivity index (χ1) is 16.5. The molecule has 0 saturated carbocycles. The molecule has 3 rings (SSSR count). The van der Waals surface area contributed by atoms with E-state index in [4.69, 9.17) is 21.1 Å². The second-order valence-electron chi connectivity index (χ2n) is 7.26. The highest BCUT2D eigenvalue weighted by Gasteiger charge is 2.31. The minimum Gasteiger partial charge on any atom is -0.495 e. The Bertz CT molecular complexity index is 1390. The Morgan fingerprint density at radius 2 is 1.63 bits per heavy atom. The van der Waals surface area contributed by atoms with Gasteiger partial charge in [-0.3, -0.25) is 9.10 Å². The molecule has 0 heterocycles. The first kappa shape index (κ1) is 26.2. The monoisotopic (exact) mass is 528 g/mol. The molecule has 1 amide bonds. The van der Waals surface area contributed by atoms with Gasteiger partial charge in [0.05, 0.1) is 30.6 Å². The van der Waals surface area contributed by atoms with E-state index in [0.29, 0.717) is 11.6 Å². The Labute approximate surface area is 205 Å². The summed E-state index contributed by atoms with van der Waals surface area (Å²) >= 11 is 6.17. The molecule has 3 aromatic carbocycles. The van der Waals surface area contributed by atoms with E-state index in [1.165, 1.54) is 44.6 Å². The Hall–Kier alpha value is -3.44. The van der Waals surface area contributed by atoms with Crippen molar-refractivity contribution in [1.29, 1.82) is 0 Å². The van der Waals surface area contributed by atoms with Crippen LogP contribution in [-0.4, -0.2) is 35.1 Å². The second kappa shape index (κ2) is 10.4. The van der Waals surface area contributed by atoms with Crippen molar-refractivity contribution in [3.8, 4) is 11.5 Å². The smallest absolute Gasteiger partial charge is 0.268 e. The van der Waals surface area contributed by atoms with E-state index in [-0.39, 0.29) is 27.1 Å². The van der Waals surface area contributed by atoms with Crippen LogP contribution in [0.1, 0.15) is 5.56 Å². The number of rotatable bonds is 8. The summed E-state index contributed by atoms with van der Waals surface area (Å²) in [6.45, 7) is 0.812. The van der Waals surface area contributed by atoms with Crippen molar-refractivity contribution in [3.05, 3.63) is 76.6 Å². The number of hydrogen-bond acceptors (Lipinski definition) is 5. The van der Waals surface area contributed by atoms with Crippen LogP contribution >= 0.6 is 11.6 Å². The number of methoxy groups -OCH3 is 2. The molecule has 0 aliphatic heterocycles. The van der Waals surface area contributed by atoms with Gasteiger partial charge in [-0.15, -0.1) is 0 Å². The maximum absolute atomic E-state index is 14.1. The molecule has 0 aromatic heterocycles. The molecule has 35 heavy (non-hydrogen) atoms. The van der Waals surface area contributed by atoms with Crippen molar-refractivity contribution in [3.63, 3.8) is 0 Å². The zero-order valence-corrected chi connectivity index (χ0v) is 20.3. The van der Waals surface area contributed by atoms with Gasteiger partial charge in [-0.05, 0) is 55.0 Å². The molecule has 0 atom stereocenters. The summed E-state index contributed by atoms with van der Waals surface area (Å²) in [6, 6.07) is 9.94. The molecule has 12 heteroatoms. The molecule has 0 unspecified atom stereocenters. The summed E-state index contributed by atoms with van der Waals surface area (Å²) in [5.74, 6) is -5.60. The van der Waals surface area contributed by atoms with E-state index < -0.39 is 45.6 Å². The third-order valence-electron chi connectivity index (χ3n) is 4.91. The zero-order chi connectivity index (χ0) is 25.9. The average molecular weight is 529 g/mol. The van der Waals surface area contributed by atoms with Gasteiger partial charge in [0.1, 0.15) is 22.9 Å². The summed E-state index contributed by atoms with van der Waals surface area (Å²) in [6.07, 6.45) is 0. The third-order valence-corrected chi connectivity index (χ3v) is 7.00. The minimum absolute atomic E-state index is 0.0136. The molecule has 0 saturated heterocycles. The van der Waals surface area contributed by atoms with Crippen LogP contribution in [0.25, 0.3) is 0 Å². The molecule has 0 aliphatic rings. The highest BCUT2D eigenvalue weighted by Crippen LogP contribution is 2.34. The third kappa shape index (κ3) is 5.46.